The van der Waals surface area contributed by atoms with E-state index in [2.05, 4.69) is 5.32 Å². The number of hydrogen-bond donors (Lipinski definition) is 1. The lowest BCUT2D eigenvalue weighted by Crippen LogP contribution is -2.45. The number of alkyl carbamates (subject to hydrolysis) is 1. The molecule has 0 aromatic heterocycles. The van der Waals surface area contributed by atoms with Gasteiger partial charge in [0, 0.05) is 6.42 Å². The van der Waals surface area contributed by atoms with Crippen molar-refractivity contribution in [2.24, 2.45) is 0 Å². The maximum atomic E-state index is 12.7. The predicted octanol–water partition coefficient (Wildman–Crippen LogP) is 4.18. The highest BCUT2D eigenvalue weighted by Gasteiger charge is 2.26. The van der Waals surface area contributed by atoms with Crippen molar-refractivity contribution in [1.29, 1.82) is 0 Å². The monoisotopic (exact) mass is 432 g/mol. The van der Waals surface area contributed by atoms with Gasteiger partial charge in [0.2, 0.25) is 6.86 Å². The van der Waals surface area contributed by atoms with E-state index in [1.165, 1.54) is 0 Å². The van der Waals surface area contributed by atoms with Crippen molar-refractivity contribution in [3.05, 3.63) is 59.7 Å². The molecule has 1 atom stereocenters. The van der Waals surface area contributed by atoms with Crippen molar-refractivity contribution in [2.75, 3.05) is 14.0 Å². The Balaban J connectivity index is 2.07. The van der Waals surface area contributed by atoms with Crippen LogP contribution in [0.15, 0.2) is 48.5 Å². The minimum absolute atomic E-state index is 0.0403. The third-order valence-electron chi connectivity index (χ3n) is 4.10. The average Bonchev–Trinajstić information content (AvgIpc) is 2.72. The number of rotatable bonds is 9. The predicted molar refractivity (Wildman–Crippen MR) is 113 cm³/mol. The molecule has 0 aliphatic carbocycles. The van der Waals surface area contributed by atoms with Gasteiger partial charge in [0.1, 0.15) is 29.7 Å². The number of alkyl halides is 1. The highest BCUT2D eigenvalue weighted by Crippen LogP contribution is 2.16. The first-order chi connectivity index (χ1) is 14.7. The number of amides is 1. The first kappa shape index (κ1) is 24.0. The fourth-order valence-corrected chi connectivity index (χ4v) is 2.64. The Bertz CT molecular complexity index is 846. The van der Waals surface area contributed by atoms with Crippen molar-refractivity contribution in [1.82, 2.24) is 5.32 Å². The van der Waals surface area contributed by atoms with Crippen molar-refractivity contribution >= 4 is 12.1 Å². The van der Waals surface area contributed by atoms with Crippen LogP contribution in [0.25, 0.3) is 0 Å². The van der Waals surface area contributed by atoms with Crippen LogP contribution >= 0.6 is 0 Å². The largest absolute Gasteiger partial charge is 0.497 e. The third kappa shape index (κ3) is 8.54. The zero-order valence-electron chi connectivity index (χ0n) is 18.1. The van der Waals surface area contributed by atoms with Crippen LogP contribution in [0.4, 0.5) is 9.18 Å². The van der Waals surface area contributed by atoms with Gasteiger partial charge >= 0.3 is 12.1 Å². The average molecular weight is 432 g/mol. The van der Waals surface area contributed by atoms with E-state index in [9.17, 15) is 14.0 Å². The summed E-state index contributed by atoms with van der Waals surface area (Å²) < 4.78 is 32.8. The van der Waals surface area contributed by atoms with Gasteiger partial charge < -0.3 is 24.3 Å². The first-order valence-electron chi connectivity index (χ1n) is 9.77. The molecule has 1 N–H and O–H groups in total. The number of carbonyl (C=O) groups is 2. The van der Waals surface area contributed by atoms with Gasteiger partial charge in [-0.2, -0.15) is 0 Å². The summed E-state index contributed by atoms with van der Waals surface area (Å²) in [5, 5.41) is 2.57. The van der Waals surface area contributed by atoms with Gasteiger partial charge in [0.05, 0.1) is 7.11 Å². The molecule has 0 aliphatic rings. The van der Waals surface area contributed by atoms with Crippen molar-refractivity contribution < 1.29 is 32.9 Å². The molecular weight excluding hydrogens is 404 g/mol. The third-order valence-corrected chi connectivity index (χ3v) is 4.10. The van der Waals surface area contributed by atoms with Crippen LogP contribution in [0, 0.1) is 0 Å². The molecule has 0 fully saturated rings. The fourth-order valence-electron chi connectivity index (χ4n) is 2.64. The van der Waals surface area contributed by atoms with E-state index >= 15 is 0 Å². The summed E-state index contributed by atoms with van der Waals surface area (Å²) in [4.78, 5) is 25.0. The van der Waals surface area contributed by atoms with E-state index in [1.807, 2.05) is 0 Å². The molecule has 0 spiro atoms. The number of methoxy groups -OCH3 is 1. The summed E-state index contributed by atoms with van der Waals surface area (Å²) in [6, 6.07) is 12.7. The van der Waals surface area contributed by atoms with Crippen LogP contribution in [0.2, 0.25) is 0 Å². The second-order valence-electron chi connectivity index (χ2n) is 7.76. The lowest BCUT2D eigenvalue weighted by molar-refractivity contribution is -0.147. The van der Waals surface area contributed by atoms with Crippen LogP contribution in [0.5, 0.6) is 11.5 Å². The van der Waals surface area contributed by atoms with Crippen LogP contribution < -0.4 is 14.8 Å². The molecule has 0 saturated heterocycles. The number of nitrogens with one attached hydrogen (secondary N) is 1. The molecule has 0 bridgehead atoms. The molecule has 0 heterocycles. The number of benzene rings is 2. The molecule has 0 radical (unpaired) electrons. The van der Waals surface area contributed by atoms with Crippen LogP contribution in [-0.4, -0.2) is 37.7 Å². The molecule has 0 aliphatic heterocycles. The number of ether oxygens (including phenoxy) is 4. The zero-order chi connectivity index (χ0) is 22.9. The Morgan fingerprint density at radius 1 is 0.968 bits per heavy atom. The van der Waals surface area contributed by atoms with E-state index in [1.54, 1.807) is 76.4 Å². The van der Waals surface area contributed by atoms with Gasteiger partial charge in [-0.15, -0.1) is 0 Å². The Morgan fingerprint density at radius 2 is 1.55 bits per heavy atom. The maximum Gasteiger partial charge on any atom is 0.408 e. The maximum absolute atomic E-state index is 12.7. The molecule has 2 rings (SSSR count). The Morgan fingerprint density at radius 3 is 2.10 bits per heavy atom. The molecular formula is C23H28FNO6. The smallest absolute Gasteiger partial charge is 0.408 e. The number of hydrogen-bond acceptors (Lipinski definition) is 6. The van der Waals surface area contributed by atoms with Gasteiger partial charge in [0.25, 0.3) is 0 Å². The van der Waals surface area contributed by atoms with E-state index in [0.29, 0.717) is 11.5 Å². The molecule has 1 amide bonds. The first-order valence-corrected chi connectivity index (χ1v) is 9.77. The van der Waals surface area contributed by atoms with Gasteiger partial charge in [0.15, 0.2) is 0 Å². The second kappa shape index (κ2) is 11.2. The fraction of sp³-hybridized carbons (Fsp3) is 0.391. The Hall–Kier alpha value is -3.29. The summed E-state index contributed by atoms with van der Waals surface area (Å²) >= 11 is 0. The van der Waals surface area contributed by atoms with Crippen LogP contribution in [0.1, 0.15) is 31.9 Å². The molecule has 0 unspecified atom stereocenters. The van der Waals surface area contributed by atoms with Gasteiger partial charge in [-0.3, -0.25) is 0 Å². The quantitative estimate of drug-likeness (QED) is 0.599. The van der Waals surface area contributed by atoms with E-state index < -0.39 is 30.6 Å². The molecule has 2 aromatic rings. The van der Waals surface area contributed by atoms with E-state index in [0.717, 1.165) is 11.1 Å². The number of esters is 1. The van der Waals surface area contributed by atoms with Crippen molar-refractivity contribution in [2.45, 2.75) is 45.4 Å². The topological polar surface area (TPSA) is 83.1 Å². The van der Waals surface area contributed by atoms with Gasteiger partial charge in [-0.05, 0) is 56.2 Å². The summed E-state index contributed by atoms with van der Waals surface area (Å²) in [7, 11) is 1.57. The van der Waals surface area contributed by atoms with Crippen LogP contribution in [-0.2, 0) is 27.3 Å². The highest BCUT2D eigenvalue weighted by molar-refractivity contribution is 5.81. The number of carbonyl (C=O) groups excluding carboxylic acids is 2. The summed E-state index contributed by atoms with van der Waals surface area (Å²) in [5.41, 5.74) is 0.791. The van der Waals surface area contributed by atoms with Crippen molar-refractivity contribution in [3.8, 4) is 11.5 Å². The van der Waals surface area contributed by atoms with E-state index in [-0.39, 0.29) is 13.0 Å². The van der Waals surface area contributed by atoms with E-state index in [4.69, 9.17) is 18.9 Å². The van der Waals surface area contributed by atoms with Gasteiger partial charge in [-0.1, -0.05) is 24.3 Å². The number of halogens is 1. The SMILES string of the molecule is COc1ccc(COC(=O)[C@H](Cc2ccc(OC[18F])cc2)NC(=O)OC(C)(C)C)cc1. The minimum atomic E-state index is -0.971. The molecule has 8 heteroatoms. The molecule has 31 heavy (non-hydrogen) atoms. The normalized spacial score (nSPS) is 11.9. The Labute approximate surface area is 181 Å². The Kier molecular flexibility index (Phi) is 8.66. The molecule has 2 aromatic carbocycles. The molecule has 0 saturated carbocycles. The van der Waals surface area contributed by atoms with Crippen LogP contribution in [0.3, 0.4) is 0 Å². The highest BCUT2D eigenvalue weighted by atomic mass is 18.2. The molecule has 168 valence electrons. The lowest BCUT2D eigenvalue weighted by Gasteiger charge is -2.23. The minimum Gasteiger partial charge on any atom is -0.497 e. The summed E-state index contributed by atoms with van der Waals surface area (Å²) in [6.07, 6.45) is -0.562. The van der Waals surface area contributed by atoms with Crippen molar-refractivity contribution in [3.63, 3.8) is 0 Å². The summed E-state index contributed by atoms with van der Waals surface area (Å²) in [5.74, 6) is 0.454. The van der Waals surface area contributed by atoms with Gasteiger partial charge in [-0.25, -0.2) is 14.0 Å². The molecule has 7 nitrogen and oxygen atoms in total. The lowest BCUT2D eigenvalue weighted by atomic mass is 10.1. The second-order valence-corrected chi connectivity index (χ2v) is 7.76. The summed E-state index contributed by atoms with van der Waals surface area (Å²) in [6.45, 7) is 4.30. The standard InChI is InChI=1S/C23H28FNO6/c1-23(2,3)31-22(27)25-20(13-16-5-11-19(12-6-16)30-15-24)21(26)29-14-17-7-9-18(28-4)10-8-17/h5-12,20H,13-15H2,1-4H3,(H,25,27)/t20-/m0/s1/i24-1. The zero-order valence-corrected chi connectivity index (χ0v) is 18.1.